The Kier molecular flexibility index (Phi) is 5.39. The molecule has 4 nitrogen and oxygen atoms in total. The Labute approximate surface area is 112 Å². The predicted molar refractivity (Wildman–Crippen MR) is 71.0 cm³/mol. The van der Waals surface area contributed by atoms with E-state index in [0.717, 1.165) is 4.47 Å². The molecule has 0 fully saturated rings. The number of likely N-dealkylation sites (N-methyl/N-ethyl adjacent to an activating group) is 1. The molecule has 0 saturated heterocycles. The first-order chi connectivity index (χ1) is 7.47. The molecule has 0 bridgehead atoms. The summed E-state index contributed by atoms with van der Waals surface area (Å²) in [5.41, 5.74) is 0. The lowest BCUT2D eigenvalue weighted by Gasteiger charge is -2.08. The van der Waals surface area contributed by atoms with Crippen LogP contribution in [0.4, 0.5) is 0 Å². The summed E-state index contributed by atoms with van der Waals surface area (Å²) in [4.78, 5) is 0.242. The first kappa shape index (κ1) is 14.1. The summed E-state index contributed by atoms with van der Waals surface area (Å²) < 4.78 is 27.6. The fraction of sp³-hybridized carbons (Fsp3) is 0.333. The lowest BCUT2D eigenvalue weighted by Crippen LogP contribution is -2.30. The molecular weight excluding hydrogens is 360 g/mol. The Balaban J connectivity index is 2.90. The van der Waals surface area contributed by atoms with E-state index in [-0.39, 0.29) is 4.90 Å². The highest BCUT2D eigenvalue weighted by atomic mass is 79.9. The van der Waals surface area contributed by atoms with Crippen LogP contribution in [0, 0.1) is 0 Å². The van der Waals surface area contributed by atoms with E-state index < -0.39 is 10.0 Å². The Hall–Kier alpha value is 0.0500. The van der Waals surface area contributed by atoms with Crippen molar-refractivity contribution in [3.63, 3.8) is 0 Å². The number of hydrogen-bond donors (Lipinski definition) is 2. The van der Waals surface area contributed by atoms with Crippen LogP contribution in [-0.4, -0.2) is 28.6 Å². The Morgan fingerprint density at radius 1 is 1.25 bits per heavy atom. The highest BCUT2D eigenvalue weighted by molar-refractivity contribution is 9.11. The molecule has 0 saturated carbocycles. The smallest absolute Gasteiger partial charge is 0.241 e. The van der Waals surface area contributed by atoms with Crippen molar-refractivity contribution in [2.75, 3.05) is 20.1 Å². The highest BCUT2D eigenvalue weighted by Crippen LogP contribution is 2.25. The van der Waals surface area contributed by atoms with Crippen molar-refractivity contribution in [1.82, 2.24) is 10.0 Å². The average molecular weight is 372 g/mol. The van der Waals surface area contributed by atoms with Crippen molar-refractivity contribution in [2.45, 2.75) is 4.90 Å². The molecule has 0 atom stereocenters. The molecule has 0 spiro atoms. The quantitative estimate of drug-likeness (QED) is 0.774. The molecule has 7 heteroatoms. The maximum absolute atomic E-state index is 11.9. The molecule has 90 valence electrons. The fourth-order valence-corrected chi connectivity index (χ4v) is 3.86. The zero-order valence-electron chi connectivity index (χ0n) is 8.63. The lowest BCUT2D eigenvalue weighted by molar-refractivity contribution is 0.579. The number of rotatable bonds is 5. The fourth-order valence-electron chi connectivity index (χ4n) is 1.08. The van der Waals surface area contributed by atoms with E-state index in [9.17, 15) is 8.42 Å². The van der Waals surface area contributed by atoms with Gasteiger partial charge in [0, 0.05) is 22.0 Å². The third-order valence-electron chi connectivity index (χ3n) is 1.85. The van der Waals surface area contributed by atoms with Gasteiger partial charge in [-0.15, -0.1) is 0 Å². The minimum atomic E-state index is -3.44. The Morgan fingerprint density at radius 3 is 2.50 bits per heavy atom. The Bertz CT molecular complexity index is 463. The SMILES string of the molecule is CNCCNS(=O)(=O)c1ccc(Br)cc1Br. The van der Waals surface area contributed by atoms with Gasteiger partial charge in [-0.1, -0.05) is 15.9 Å². The van der Waals surface area contributed by atoms with Crippen LogP contribution in [0.5, 0.6) is 0 Å². The summed E-state index contributed by atoms with van der Waals surface area (Å²) in [6, 6.07) is 4.94. The molecule has 0 aliphatic carbocycles. The van der Waals surface area contributed by atoms with Gasteiger partial charge in [0.15, 0.2) is 0 Å². The van der Waals surface area contributed by atoms with Gasteiger partial charge in [-0.25, -0.2) is 13.1 Å². The first-order valence-corrected chi connectivity index (χ1v) is 7.63. The van der Waals surface area contributed by atoms with Crippen molar-refractivity contribution in [3.8, 4) is 0 Å². The summed E-state index contributed by atoms with van der Waals surface area (Å²) in [5, 5.41) is 2.87. The lowest BCUT2D eigenvalue weighted by atomic mass is 10.4. The second-order valence-electron chi connectivity index (χ2n) is 3.08. The summed E-state index contributed by atoms with van der Waals surface area (Å²) in [6.07, 6.45) is 0. The van der Waals surface area contributed by atoms with E-state index in [1.807, 2.05) is 0 Å². The zero-order chi connectivity index (χ0) is 12.2. The Morgan fingerprint density at radius 2 is 1.94 bits per heavy atom. The normalized spacial score (nSPS) is 11.7. The van der Waals surface area contributed by atoms with Gasteiger partial charge in [0.25, 0.3) is 0 Å². The van der Waals surface area contributed by atoms with Crippen molar-refractivity contribution in [1.29, 1.82) is 0 Å². The van der Waals surface area contributed by atoms with Crippen LogP contribution in [0.15, 0.2) is 32.0 Å². The van der Waals surface area contributed by atoms with Crippen LogP contribution in [0.2, 0.25) is 0 Å². The van der Waals surface area contributed by atoms with Gasteiger partial charge < -0.3 is 5.32 Å². The molecule has 1 aromatic rings. The van der Waals surface area contributed by atoms with Gasteiger partial charge >= 0.3 is 0 Å². The van der Waals surface area contributed by atoms with Crippen LogP contribution in [-0.2, 0) is 10.0 Å². The van der Waals surface area contributed by atoms with E-state index in [2.05, 4.69) is 41.9 Å². The largest absolute Gasteiger partial charge is 0.318 e. The predicted octanol–water partition coefficient (Wildman–Crippen LogP) is 1.71. The van der Waals surface area contributed by atoms with Gasteiger partial charge in [0.05, 0.1) is 4.90 Å². The topological polar surface area (TPSA) is 58.2 Å². The standard InChI is InChI=1S/C9H12Br2N2O2S/c1-12-4-5-13-16(14,15)9-3-2-7(10)6-8(9)11/h2-3,6,12-13H,4-5H2,1H3. The van der Waals surface area contributed by atoms with E-state index in [4.69, 9.17) is 0 Å². The van der Waals surface area contributed by atoms with E-state index >= 15 is 0 Å². The van der Waals surface area contributed by atoms with Crippen LogP contribution in [0.25, 0.3) is 0 Å². The highest BCUT2D eigenvalue weighted by Gasteiger charge is 2.16. The summed E-state index contributed by atoms with van der Waals surface area (Å²) >= 11 is 6.50. The molecule has 0 unspecified atom stereocenters. The summed E-state index contributed by atoms with van der Waals surface area (Å²) in [6.45, 7) is 0.953. The maximum atomic E-state index is 11.9. The molecule has 0 amide bonds. The summed E-state index contributed by atoms with van der Waals surface area (Å²) in [7, 11) is -1.67. The first-order valence-electron chi connectivity index (χ1n) is 4.56. The molecule has 2 N–H and O–H groups in total. The average Bonchev–Trinajstić information content (AvgIpc) is 2.17. The van der Waals surface area contributed by atoms with Gasteiger partial charge in [0.2, 0.25) is 10.0 Å². The second-order valence-corrected chi connectivity index (χ2v) is 6.58. The van der Waals surface area contributed by atoms with Gasteiger partial charge in [-0.3, -0.25) is 0 Å². The van der Waals surface area contributed by atoms with Crippen molar-refractivity contribution in [2.24, 2.45) is 0 Å². The number of benzene rings is 1. The minimum absolute atomic E-state index is 0.242. The van der Waals surface area contributed by atoms with Gasteiger partial charge in [-0.2, -0.15) is 0 Å². The second kappa shape index (κ2) is 6.11. The molecular formula is C9H12Br2N2O2S. The molecule has 16 heavy (non-hydrogen) atoms. The maximum Gasteiger partial charge on any atom is 0.241 e. The molecule has 0 aliphatic rings. The molecule has 0 heterocycles. The number of hydrogen-bond acceptors (Lipinski definition) is 3. The van der Waals surface area contributed by atoms with E-state index in [1.54, 1.807) is 25.2 Å². The number of sulfonamides is 1. The third kappa shape index (κ3) is 3.81. The van der Waals surface area contributed by atoms with Crippen LogP contribution in [0.3, 0.4) is 0 Å². The minimum Gasteiger partial charge on any atom is -0.318 e. The number of halogens is 2. The molecule has 0 radical (unpaired) electrons. The molecule has 1 rings (SSSR count). The van der Waals surface area contributed by atoms with Gasteiger partial charge in [0.1, 0.15) is 0 Å². The molecule has 0 aromatic heterocycles. The van der Waals surface area contributed by atoms with Crippen LogP contribution in [0.1, 0.15) is 0 Å². The van der Waals surface area contributed by atoms with E-state index in [1.165, 1.54) is 0 Å². The molecule has 0 aliphatic heterocycles. The van der Waals surface area contributed by atoms with Crippen molar-refractivity contribution < 1.29 is 8.42 Å². The molecule has 1 aromatic carbocycles. The van der Waals surface area contributed by atoms with Crippen LogP contribution >= 0.6 is 31.9 Å². The monoisotopic (exact) mass is 370 g/mol. The summed E-state index contributed by atoms with van der Waals surface area (Å²) in [5.74, 6) is 0. The van der Waals surface area contributed by atoms with Crippen molar-refractivity contribution >= 4 is 41.9 Å². The van der Waals surface area contributed by atoms with Crippen LogP contribution < -0.4 is 10.0 Å². The number of nitrogens with one attached hydrogen (secondary N) is 2. The van der Waals surface area contributed by atoms with E-state index in [0.29, 0.717) is 17.6 Å². The van der Waals surface area contributed by atoms with Gasteiger partial charge in [-0.05, 0) is 41.2 Å². The third-order valence-corrected chi connectivity index (χ3v) is 4.78. The zero-order valence-corrected chi connectivity index (χ0v) is 12.6. The van der Waals surface area contributed by atoms with Crippen molar-refractivity contribution in [3.05, 3.63) is 27.1 Å².